The number of likely N-dealkylation sites (N-methyl/N-ethyl adjacent to an activating group) is 1. The number of piperidine rings is 1. The number of rotatable bonds is 2. The van der Waals surface area contributed by atoms with Crippen LogP contribution in [0.2, 0.25) is 0 Å². The van der Waals surface area contributed by atoms with Gasteiger partial charge in [-0.25, -0.2) is 4.98 Å². The average Bonchev–Trinajstić information content (AvgIpc) is 2.90. The summed E-state index contributed by atoms with van der Waals surface area (Å²) in [6, 6.07) is 0.477. The highest BCUT2D eigenvalue weighted by Crippen LogP contribution is 2.19. The molecule has 3 heterocycles. The number of hydrogen-bond acceptors (Lipinski definition) is 3. The minimum absolute atomic E-state index is 0.110. The van der Waals surface area contributed by atoms with Crippen LogP contribution in [0.1, 0.15) is 42.0 Å². The molecule has 110 valence electrons. The third-order valence-electron chi connectivity index (χ3n) is 4.54. The lowest BCUT2D eigenvalue weighted by atomic mass is 10.0. The van der Waals surface area contributed by atoms with Crippen LogP contribution in [0, 0.1) is 0 Å². The van der Waals surface area contributed by atoms with Crippen molar-refractivity contribution in [2.75, 3.05) is 27.2 Å². The van der Waals surface area contributed by atoms with Crippen molar-refractivity contribution >= 4 is 5.91 Å². The van der Waals surface area contributed by atoms with Crippen LogP contribution in [0.5, 0.6) is 0 Å². The summed E-state index contributed by atoms with van der Waals surface area (Å²) in [5.74, 6) is 1.19. The van der Waals surface area contributed by atoms with E-state index in [4.69, 9.17) is 0 Å². The first-order valence-corrected chi connectivity index (χ1v) is 7.67. The van der Waals surface area contributed by atoms with E-state index in [1.165, 1.54) is 19.3 Å². The molecule has 5 nitrogen and oxygen atoms in total. The number of amides is 1. The third-order valence-corrected chi connectivity index (χ3v) is 4.54. The maximum atomic E-state index is 12.6. The molecule has 5 heteroatoms. The highest BCUT2D eigenvalue weighted by atomic mass is 16.2. The van der Waals surface area contributed by atoms with E-state index in [0.717, 1.165) is 38.3 Å². The molecular formula is C15H24N4O. The maximum absolute atomic E-state index is 12.6. The summed E-state index contributed by atoms with van der Waals surface area (Å²) in [6.45, 7) is 2.70. The predicted octanol–water partition coefficient (Wildman–Crippen LogP) is 1.39. The lowest BCUT2D eigenvalue weighted by Crippen LogP contribution is -2.47. The van der Waals surface area contributed by atoms with Crippen molar-refractivity contribution in [1.82, 2.24) is 19.4 Å². The van der Waals surface area contributed by atoms with Crippen LogP contribution in [0.15, 0.2) is 6.20 Å². The highest BCUT2D eigenvalue weighted by Gasteiger charge is 2.27. The number of imidazole rings is 1. The number of aryl methyl sites for hydroxylation is 2. The Morgan fingerprint density at radius 3 is 2.90 bits per heavy atom. The van der Waals surface area contributed by atoms with Crippen LogP contribution in [0.4, 0.5) is 0 Å². The second kappa shape index (κ2) is 5.56. The normalized spacial score (nSPS) is 22.9. The van der Waals surface area contributed by atoms with Crippen LogP contribution in [-0.4, -0.2) is 58.5 Å². The number of nitrogens with zero attached hydrogens (tertiary/aromatic N) is 4. The number of carbonyl (C=O) groups is 1. The van der Waals surface area contributed by atoms with Gasteiger partial charge in [0.1, 0.15) is 11.5 Å². The molecule has 1 aromatic rings. The zero-order valence-corrected chi connectivity index (χ0v) is 12.5. The largest absolute Gasteiger partial charge is 0.336 e. The molecule has 2 aliphatic rings. The first-order valence-electron chi connectivity index (χ1n) is 7.67. The van der Waals surface area contributed by atoms with Crippen molar-refractivity contribution in [3.05, 3.63) is 17.7 Å². The van der Waals surface area contributed by atoms with Crippen molar-refractivity contribution in [1.29, 1.82) is 0 Å². The van der Waals surface area contributed by atoms with E-state index in [9.17, 15) is 4.79 Å². The van der Waals surface area contributed by atoms with E-state index in [1.807, 2.05) is 11.1 Å². The Bertz CT molecular complexity index is 471. The Hall–Kier alpha value is -1.36. The summed E-state index contributed by atoms with van der Waals surface area (Å²) < 4.78 is 2.16. The van der Waals surface area contributed by atoms with Crippen molar-refractivity contribution in [2.45, 2.75) is 44.7 Å². The second-order valence-corrected chi connectivity index (χ2v) is 6.20. The van der Waals surface area contributed by atoms with E-state index in [0.29, 0.717) is 11.7 Å². The number of aromatic nitrogens is 2. The topological polar surface area (TPSA) is 41.4 Å². The Balaban J connectivity index is 1.73. The van der Waals surface area contributed by atoms with Crippen LogP contribution in [0.3, 0.4) is 0 Å². The first-order chi connectivity index (χ1) is 9.65. The van der Waals surface area contributed by atoms with Crippen molar-refractivity contribution in [3.63, 3.8) is 0 Å². The summed E-state index contributed by atoms with van der Waals surface area (Å²) in [7, 11) is 4.18. The van der Waals surface area contributed by atoms with E-state index in [-0.39, 0.29) is 5.91 Å². The minimum Gasteiger partial charge on any atom is -0.336 e. The van der Waals surface area contributed by atoms with Crippen LogP contribution >= 0.6 is 0 Å². The van der Waals surface area contributed by atoms with Gasteiger partial charge in [-0.15, -0.1) is 0 Å². The zero-order valence-electron chi connectivity index (χ0n) is 12.5. The van der Waals surface area contributed by atoms with Gasteiger partial charge in [0.25, 0.3) is 5.91 Å². The van der Waals surface area contributed by atoms with Gasteiger partial charge in [0, 0.05) is 38.3 Å². The lowest BCUT2D eigenvalue weighted by molar-refractivity contribution is 0.0629. The van der Waals surface area contributed by atoms with Gasteiger partial charge >= 0.3 is 0 Å². The van der Waals surface area contributed by atoms with E-state index in [1.54, 1.807) is 0 Å². The Kier molecular flexibility index (Phi) is 3.78. The van der Waals surface area contributed by atoms with Gasteiger partial charge in [0.05, 0.1) is 0 Å². The standard InChI is InChI=1S/C15H24N4O/c1-17(2)12-6-5-9-19(10-12)15(20)13-11-18-8-4-3-7-14(18)16-13/h11-12H,3-10H2,1-2H3. The van der Waals surface area contributed by atoms with Crippen LogP contribution in [-0.2, 0) is 13.0 Å². The Labute approximate surface area is 120 Å². The molecule has 1 amide bonds. The monoisotopic (exact) mass is 276 g/mol. The molecular weight excluding hydrogens is 252 g/mol. The fraction of sp³-hybridized carbons (Fsp3) is 0.733. The number of hydrogen-bond donors (Lipinski definition) is 0. The van der Waals surface area contributed by atoms with Gasteiger partial charge in [-0.05, 0) is 39.8 Å². The van der Waals surface area contributed by atoms with Gasteiger partial charge in [-0.3, -0.25) is 4.79 Å². The molecule has 0 N–H and O–H groups in total. The molecule has 0 aliphatic carbocycles. The van der Waals surface area contributed by atoms with Gasteiger partial charge in [-0.1, -0.05) is 0 Å². The Morgan fingerprint density at radius 1 is 1.30 bits per heavy atom. The van der Waals surface area contributed by atoms with Crippen molar-refractivity contribution in [2.24, 2.45) is 0 Å². The molecule has 1 atom stereocenters. The highest BCUT2D eigenvalue weighted by molar-refractivity contribution is 5.92. The third kappa shape index (κ3) is 2.59. The smallest absolute Gasteiger partial charge is 0.274 e. The Morgan fingerprint density at radius 2 is 2.15 bits per heavy atom. The number of fused-ring (bicyclic) bond motifs is 1. The predicted molar refractivity (Wildman–Crippen MR) is 77.8 cm³/mol. The molecule has 2 aliphatic heterocycles. The molecule has 1 unspecified atom stereocenters. The summed E-state index contributed by atoms with van der Waals surface area (Å²) >= 11 is 0. The van der Waals surface area contributed by atoms with Gasteiger partial charge in [0.15, 0.2) is 0 Å². The SMILES string of the molecule is CN(C)C1CCCN(C(=O)c2cn3c(n2)CCCC3)C1. The lowest BCUT2D eigenvalue weighted by Gasteiger charge is -2.35. The quantitative estimate of drug-likeness (QED) is 0.819. The number of likely N-dealkylation sites (tertiary alicyclic amines) is 1. The maximum Gasteiger partial charge on any atom is 0.274 e. The van der Waals surface area contributed by atoms with Gasteiger partial charge in [-0.2, -0.15) is 0 Å². The molecule has 0 bridgehead atoms. The van der Waals surface area contributed by atoms with Gasteiger partial charge < -0.3 is 14.4 Å². The molecule has 0 aromatic carbocycles. The van der Waals surface area contributed by atoms with Crippen molar-refractivity contribution in [3.8, 4) is 0 Å². The van der Waals surface area contributed by atoms with Crippen molar-refractivity contribution < 1.29 is 4.79 Å². The summed E-state index contributed by atoms with van der Waals surface area (Å²) in [4.78, 5) is 21.4. The first kappa shape index (κ1) is 13.6. The summed E-state index contributed by atoms with van der Waals surface area (Å²) in [5.41, 5.74) is 0.640. The minimum atomic E-state index is 0.110. The average molecular weight is 276 g/mol. The van der Waals surface area contributed by atoms with Gasteiger partial charge in [0.2, 0.25) is 0 Å². The molecule has 0 saturated carbocycles. The molecule has 0 spiro atoms. The molecule has 1 fully saturated rings. The molecule has 3 rings (SSSR count). The number of carbonyl (C=O) groups excluding carboxylic acids is 1. The van der Waals surface area contributed by atoms with E-state index in [2.05, 4.69) is 28.5 Å². The second-order valence-electron chi connectivity index (χ2n) is 6.20. The molecule has 1 aromatic heterocycles. The zero-order chi connectivity index (χ0) is 14.1. The van der Waals surface area contributed by atoms with E-state index < -0.39 is 0 Å². The summed E-state index contributed by atoms with van der Waals surface area (Å²) in [6.07, 6.45) is 7.61. The fourth-order valence-electron chi connectivity index (χ4n) is 3.24. The molecule has 0 radical (unpaired) electrons. The van der Waals surface area contributed by atoms with Crippen LogP contribution in [0.25, 0.3) is 0 Å². The molecule has 20 heavy (non-hydrogen) atoms. The van der Waals surface area contributed by atoms with E-state index >= 15 is 0 Å². The fourth-order valence-corrected chi connectivity index (χ4v) is 3.24. The molecule has 1 saturated heterocycles. The van der Waals surface area contributed by atoms with Crippen LogP contribution < -0.4 is 0 Å². The summed E-state index contributed by atoms with van der Waals surface area (Å²) in [5, 5.41) is 0.